The second kappa shape index (κ2) is 13.3. The second-order valence-electron chi connectivity index (χ2n) is 6.69. The summed E-state index contributed by atoms with van der Waals surface area (Å²) in [5.74, 6) is 0.971. The Bertz CT molecular complexity index is 832. The van der Waals surface area contributed by atoms with Gasteiger partial charge in [0.15, 0.2) is 5.96 Å². The SMILES string of the molecule is CN=C(NCc1ccccc1OCCN(C)C)NCc1ccccc1OC(F)(F)F.I. The van der Waals surface area contributed by atoms with Gasteiger partial charge in [-0.15, -0.1) is 37.1 Å². The Labute approximate surface area is 197 Å². The van der Waals surface area contributed by atoms with Crippen molar-refractivity contribution in [3.05, 3.63) is 59.7 Å². The Morgan fingerprint density at radius 3 is 1.97 bits per heavy atom. The van der Waals surface area contributed by atoms with E-state index in [-0.39, 0.29) is 36.3 Å². The minimum atomic E-state index is -4.74. The first-order valence-electron chi connectivity index (χ1n) is 9.42. The molecule has 0 aliphatic heterocycles. The van der Waals surface area contributed by atoms with E-state index in [0.29, 0.717) is 24.7 Å². The maximum Gasteiger partial charge on any atom is 0.573 e. The zero-order chi connectivity index (χ0) is 22.0. The number of aliphatic imine (C=N–C) groups is 1. The lowest BCUT2D eigenvalue weighted by Gasteiger charge is -2.17. The normalized spacial score (nSPS) is 11.6. The monoisotopic (exact) mass is 552 g/mol. The summed E-state index contributed by atoms with van der Waals surface area (Å²) in [6.45, 7) is 1.92. The molecule has 0 aliphatic carbocycles. The van der Waals surface area contributed by atoms with Crippen molar-refractivity contribution in [3.63, 3.8) is 0 Å². The largest absolute Gasteiger partial charge is 0.573 e. The molecular formula is C21H28F3IN4O2. The molecule has 0 unspecified atom stereocenters. The summed E-state index contributed by atoms with van der Waals surface area (Å²) < 4.78 is 47.6. The van der Waals surface area contributed by atoms with Gasteiger partial charge in [-0.3, -0.25) is 4.99 Å². The van der Waals surface area contributed by atoms with E-state index in [1.165, 1.54) is 12.1 Å². The standard InChI is InChI=1S/C21H27F3N4O2.HI/c1-25-20(27-15-17-9-5-7-11-19(17)30-21(22,23)24)26-14-16-8-4-6-10-18(16)29-13-12-28(2)3;/h4-11H,12-15H2,1-3H3,(H2,25,26,27);1H. The third-order valence-electron chi connectivity index (χ3n) is 4.08. The second-order valence-corrected chi connectivity index (χ2v) is 6.69. The number of hydrogen-bond acceptors (Lipinski definition) is 4. The Morgan fingerprint density at radius 1 is 0.935 bits per heavy atom. The van der Waals surface area contributed by atoms with Crippen LogP contribution < -0.4 is 20.1 Å². The van der Waals surface area contributed by atoms with Gasteiger partial charge < -0.3 is 25.0 Å². The Morgan fingerprint density at radius 2 is 1.45 bits per heavy atom. The molecule has 2 aromatic rings. The molecule has 31 heavy (non-hydrogen) atoms. The van der Waals surface area contributed by atoms with Crippen LogP contribution in [0.3, 0.4) is 0 Å². The van der Waals surface area contributed by atoms with E-state index in [1.807, 2.05) is 43.3 Å². The van der Waals surface area contributed by atoms with E-state index >= 15 is 0 Å². The van der Waals surface area contributed by atoms with Gasteiger partial charge in [-0.25, -0.2) is 0 Å². The third-order valence-corrected chi connectivity index (χ3v) is 4.08. The lowest BCUT2D eigenvalue weighted by Crippen LogP contribution is -2.36. The minimum absolute atomic E-state index is 0. The Kier molecular flexibility index (Phi) is 11.5. The Hall–Kier alpha value is -2.21. The molecule has 0 spiro atoms. The Balaban J connectivity index is 0.00000480. The zero-order valence-corrected chi connectivity index (χ0v) is 20.0. The minimum Gasteiger partial charge on any atom is -0.492 e. The first kappa shape index (κ1) is 26.8. The molecule has 6 nitrogen and oxygen atoms in total. The van der Waals surface area contributed by atoms with Gasteiger partial charge in [-0.05, 0) is 26.2 Å². The fourth-order valence-corrected chi connectivity index (χ4v) is 2.58. The van der Waals surface area contributed by atoms with Crippen LogP contribution in [0.2, 0.25) is 0 Å². The molecule has 0 amide bonds. The number of nitrogens with zero attached hydrogens (tertiary/aromatic N) is 2. The van der Waals surface area contributed by atoms with Crippen molar-refractivity contribution in [2.24, 2.45) is 4.99 Å². The average molecular weight is 552 g/mol. The van der Waals surface area contributed by atoms with Gasteiger partial charge in [0, 0.05) is 37.8 Å². The van der Waals surface area contributed by atoms with Crippen LogP contribution in [-0.2, 0) is 13.1 Å². The van der Waals surface area contributed by atoms with Crippen LogP contribution in [-0.4, -0.2) is 51.5 Å². The topological polar surface area (TPSA) is 58.1 Å². The zero-order valence-electron chi connectivity index (χ0n) is 17.7. The summed E-state index contributed by atoms with van der Waals surface area (Å²) in [7, 11) is 5.54. The lowest BCUT2D eigenvalue weighted by molar-refractivity contribution is -0.274. The van der Waals surface area contributed by atoms with Crippen LogP contribution in [0, 0.1) is 0 Å². The van der Waals surface area contributed by atoms with Crippen molar-refractivity contribution in [2.75, 3.05) is 34.3 Å². The quantitative estimate of drug-likeness (QED) is 0.280. The highest BCUT2D eigenvalue weighted by Crippen LogP contribution is 2.26. The molecule has 0 aromatic heterocycles. The summed E-state index contributed by atoms with van der Waals surface area (Å²) in [5, 5.41) is 6.15. The number of rotatable bonds is 9. The van der Waals surface area contributed by atoms with E-state index in [9.17, 15) is 13.2 Å². The molecule has 2 aromatic carbocycles. The lowest BCUT2D eigenvalue weighted by atomic mass is 10.2. The van der Waals surface area contributed by atoms with E-state index in [0.717, 1.165) is 17.9 Å². The van der Waals surface area contributed by atoms with Crippen LogP contribution in [0.15, 0.2) is 53.5 Å². The van der Waals surface area contributed by atoms with Gasteiger partial charge in [0.2, 0.25) is 0 Å². The molecule has 0 fully saturated rings. The number of likely N-dealkylation sites (N-methyl/N-ethyl adjacent to an activating group) is 1. The van der Waals surface area contributed by atoms with Crippen LogP contribution in [0.25, 0.3) is 0 Å². The van der Waals surface area contributed by atoms with Crippen molar-refractivity contribution in [1.29, 1.82) is 0 Å². The van der Waals surface area contributed by atoms with Crippen LogP contribution in [0.5, 0.6) is 11.5 Å². The highest BCUT2D eigenvalue weighted by Gasteiger charge is 2.31. The molecule has 0 radical (unpaired) electrons. The highest BCUT2D eigenvalue weighted by molar-refractivity contribution is 14.0. The van der Waals surface area contributed by atoms with Gasteiger partial charge in [0.25, 0.3) is 0 Å². The molecule has 0 heterocycles. The summed E-state index contributed by atoms with van der Waals surface area (Å²) >= 11 is 0. The van der Waals surface area contributed by atoms with Gasteiger partial charge in [-0.2, -0.15) is 0 Å². The summed E-state index contributed by atoms with van der Waals surface area (Å²) in [6, 6.07) is 13.6. The maximum atomic E-state index is 12.6. The van der Waals surface area contributed by atoms with E-state index in [4.69, 9.17) is 4.74 Å². The van der Waals surface area contributed by atoms with Crippen molar-refractivity contribution >= 4 is 29.9 Å². The van der Waals surface area contributed by atoms with E-state index in [1.54, 1.807) is 19.2 Å². The fraction of sp³-hybridized carbons (Fsp3) is 0.381. The van der Waals surface area contributed by atoms with Crippen molar-refractivity contribution in [2.45, 2.75) is 19.5 Å². The number of halogens is 4. The molecule has 2 N–H and O–H groups in total. The van der Waals surface area contributed by atoms with Gasteiger partial charge in [0.1, 0.15) is 18.1 Å². The number of ether oxygens (including phenoxy) is 2. The molecule has 0 saturated heterocycles. The molecule has 0 aliphatic rings. The van der Waals surface area contributed by atoms with E-state index < -0.39 is 6.36 Å². The first-order chi connectivity index (χ1) is 14.3. The number of hydrogen-bond donors (Lipinski definition) is 2. The van der Waals surface area contributed by atoms with E-state index in [2.05, 4.69) is 20.4 Å². The fourth-order valence-electron chi connectivity index (χ4n) is 2.58. The van der Waals surface area contributed by atoms with Gasteiger partial charge in [-0.1, -0.05) is 36.4 Å². The number of para-hydroxylation sites is 2. The maximum absolute atomic E-state index is 12.6. The third kappa shape index (κ3) is 10.1. The summed E-state index contributed by atoms with van der Waals surface area (Å²) in [4.78, 5) is 6.16. The molecule has 0 saturated carbocycles. The molecule has 2 rings (SSSR count). The smallest absolute Gasteiger partial charge is 0.492 e. The molecule has 172 valence electrons. The summed E-state index contributed by atoms with van der Waals surface area (Å²) in [5.41, 5.74) is 1.31. The summed E-state index contributed by atoms with van der Waals surface area (Å²) in [6.07, 6.45) is -4.74. The van der Waals surface area contributed by atoms with Crippen LogP contribution in [0.1, 0.15) is 11.1 Å². The molecule has 10 heteroatoms. The van der Waals surface area contributed by atoms with Gasteiger partial charge in [0.05, 0.1) is 0 Å². The van der Waals surface area contributed by atoms with Gasteiger partial charge >= 0.3 is 6.36 Å². The predicted octanol–water partition coefficient (Wildman–Crippen LogP) is 4.01. The van der Waals surface area contributed by atoms with Crippen LogP contribution in [0.4, 0.5) is 13.2 Å². The number of benzene rings is 2. The van der Waals surface area contributed by atoms with Crippen molar-refractivity contribution in [1.82, 2.24) is 15.5 Å². The van der Waals surface area contributed by atoms with Crippen molar-refractivity contribution < 1.29 is 22.6 Å². The first-order valence-corrected chi connectivity index (χ1v) is 9.42. The predicted molar refractivity (Wildman–Crippen MR) is 126 cm³/mol. The number of alkyl halides is 3. The molecule has 0 atom stereocenters. The van der Waals surface area contributed by atoms with Crippen LogP contribution >= 0.6 is 24.0 Å². The molecule has 0 bridgehead atoms. The number of nitrogens with one attached hydrogen (secondary N) is 2. The average Bonchev–Trinajstić information content (AvgIpc) is 2.68. The molecular weight excluding hydrogens is 524 g/mol. The highest BCUT2D eigenvalue weighted by atomic mass is 127. The van der Waals surface area contributed by atoms with Crippen molar-refractivity contribution in [3.8, 4) is 11.5 Å². The number of guanidine groups is 1.